The monoisotopic (exact) mass is 476 g/mol. The Hall–Kier alpha value is -2.67. The summed E-state index contributed by atoms with van der Waals surface area (Å²) >= 11 is 0. The number of carbonyl (C=O) groups excluding carboxylic acids is 1. The molecule has 1 N–H and O–H groups in total. The lowest BCUT2D eigenvalue weighted by Gasteiger charge is -2.44. The third kappa shape index (κ3) is 4.18. The van der Waals surface area contributed by atoms with Gasteiger partial charge < -0.3 is 4.90 Å². The summed E-state index contributed by atoms with van der Waals surface area (Å²) in [6.45, 7) is 15.9. The van der Waals surface area contributed by atoms with E-state index in [1.165, 1.54) is 18.4 Å². The Morgan fingerprint density at radius 2 is 1.80 bits per heavy atom. The van der Waals surface area contributed by atoms with Crippen molar-refractivity contribution in [1.82, 2.24) is 19.9 Å². The highest BCUT2D eigenvalue weighted by Crippen LogP contribution is 2.66. The number of amides is 1. The number of nitrogens with zero attached hydrogens (tertiary/aromatic N) is 5. The zero-order valence-electron chi connectivity index (χ0n) is 21.9. The first-order valence-electron chi connectivity index (χ1n) is 13.2. The highest BCUT2D eigenvalue weighted by Gasteiger charge is 2.63. The number of rotatable bonds is 6. The smallest absolute Gasteiger partial charge is 0.291 e. The fourth-order valence-electron chi connectivity index (χ4n) is 6.75. The molecule has 2 aliphatic carbocycles. The summed E-state index contributed by atoms with van der Waals surface area (Å²) in [6.07, 6.45) is 6.50. The van der Waals surface area contributed by atoms with Crippen molar-refractivity contribution in [2.75, 3.05) is 36.5 Å². The zero-order valence-corrected chi connectivity index (χ0v) is 21.9. The molecule has 1 aliphatic heterocycles. The molecule has 2 heterocycles. The van der Waals surface area contributed by atoms with Gasteiger partial charge in [0.15, 0.2) is 0 Å². The van der Waals surface area contributed by atoms with Crippen molar-refractivity contribution >= 4 is 17.3 Å². The summed E-state index contributed by atoms with van der Waals surface area (Å²) in [5.74, 6) is 0.544. The molecule has 3 unspecified atom stereocenters. The van der Waals surface area contributed by atoms with Gasteiger partial charge in [0.2, 0.25) is 0 Å². The van der Waals surface area contributed by atoms with Crippen LogP contribution < -0.4 is 10.3 Å². The maximum absolute atomic E-state index is 13.7. The van der Waals surface area contributed by atoms with Crippen LogP contribution >= 0.6 is 0 Å². The summed E-state index contributed by atoms with van der Waals surface area (Å²) in [6, 6.07) is 11.0. The molecule has 35 heavy (non-hydrogen) atoms. The lowest BCUT2D eigenvalue weighted by atomic mass is 9.69. The third-order valence-corrected chi connectivity index (χ3v) is 9.61. The lowest BCUT2D eigenvalue weighted by molar-refractivity contribution is 0.0406. The Morgan fingerprint density at radius 3 is 2.34 bits per heavy atom. The van der Waals surface area contributed by atoms with E-state index in [4.69, 9.17) is 0 Å². The lowest BCUT2D eigenvalue weighted by Crippen LogP contribution is -2.52. The second kappa shape index (κ2) is 9.08. The molecule has 5 rings (SSSR count). The maximum atomic E-state index is 13.7. The minimum atomic E-state index is -0.0872. The van der Waals surface area contributed by atoms with E-state index in [2.05, 4.69) is 84.1 Å². The predicted molar refractivity (Wildman–Crippen MR) is 140 cm³/mol. The average Bonchev–Trinajstić information content (AvgIpc) is 3.21. The summed E-state index contributed by atoms with van der Waals surface area (Å²) in [5.41, 5.74) is 6.37. The number of hydrazine groups is 1. The van der Waals surface area contributed by atoms with Crippen LogP contribution in [0.5, 0.6) is 0 Å². The summed E-state index contributed by atoms with van der Waals surface area (Å²) < 4.78 is 0. The number of carbonyl (C=O) groups is 1. The molecule has 1 aromatic heterocycles. The Labute approximate surface area is 209 Å². The molecule has 3 atom stereocenters. The molecule has 7 nitrogen and oxygen atoms in total. The molecule has 1 aromatic carbocycles. The van der Waals surface area contributed by atoms with E-state index >= 15 is 0 Å². The van der Waals surface area contributed by atoms with Crippen molar-refractivity contribution in [3.63, 3.8) is 0 Å². The molecule has 188 valence electrons. The van der Waals surface area contributed by atoms with Crippen LogP contribution in [0.4, 0.5) is 11.4 Å². The highest BCUT2D eigenvalue weighted by atomic mass is 16.2. The SMILES string of the molecule is CC(C)N1CCN(c2ccc(NN(C(=O)c3ccncn3)C3CC4CCC3(C)C4(C)C)cc2)CC1. The molecule has 2 saturated carbocycles. The van der Waals surface area contributed by atoms with E-state index in [0.717, 1.165) is 44.7 Å². The first-order chi connectivity index (χ1) is 16.7. The number of aromatic nitrogens is 2. The number of fused-ring (bicyclic) bond motifs is 2. The summed E-state index contributed by atoms with van der Waals surface area (Å²) in [5, 5.41) is 1.87. The van der Waals surface area contributed by atoms with Gasteiger partial charge >= 0.3 is 0 Å². The first kappa shape index (κ1) is 24.0. The van der Waals surface area contributed by atoms with Crippen LogP contribution in [0, 0.1) is 16.7 Å². The Bertz CT molecular complexity index is 1030. The van der Waals surface area contributed by atoms with Crippen LogP contribution in [0.2, 0.25) is 0 Å². The Kier molecular flexibility index (Phi) is 6.24. The van der Waals surface area contributed by atoms with E-state index in [9.17, 15) is 4.79 Å². The van der Waals surface area contributed by atoms with E-state index in [-0.39, 0.29) is 22.8 Å². The van der Waals surface area contributed by atoms with E-state index < -0.39 is 0 Å². The van der Waals surface area contributed by atoms with Crippen LogP contribution in [0.1, 0.15) is 64.4 Å². The van der Waals surface area contributed by atoms with Gasteiger partial charge in [0.05, 0.1) is 11.7 Å². The molecule has 1 saturated heterocycles. The summed E-state index contributed by atoms with van der Waals surface area (Å²) in [4.78, 5) is 27.0. The van der Waals surface area contributed by atoms with Gasteiger partial charge in [-0.05, 0) is 80.2 Å². The normalized spacial score (nSPS) is 27.9. The fraction of sp³-hybridized carbons (Fsp3) is 0.607. The Balaban J connectivity index is 1.36. The Morgan fingerprint density at radius 1 is 1.09 bits per heavy atom. The third-order valence-electron chi connectivity index (χ3n) is 9.61. The average molecular weight is 477 g/mol. The van der Waals surface area contributed by atoms with Crippen molar-refractivity contribution in [3.8, 4) is 0 Å². The van der Waals surface area contributed by atoms with Crippen LogP contribution in [0.25, 0.3) is 0 Å². The second-order valence-electron chi connectivity index (χ2n) is 11.7. The van der Waals surface area contributed by atoms with Crippen molar-refractivity contribution in [2.45, 2.75) is 66.0 Å². The quantitative estimate of drug-likeness (QED) is 0.610. The number of nitrogens with one attached hydrogen (secondary N) is 1. The number of anilines is 2. The van der Waals surface area contributed by atoms with Gasteiger partial charge in [-0.2, -0.15) is 0 Å². The van der Waals surface area contributed by atoms with E-state index in [0.29, 0.717) is 17.7 Å². The van der Waals surface area contributed by atoms with Gasteiger partial charge in [-0.15, -0.1) is 0 Å². The van der Waals surface area contributed by atoms with Crippen molar-refractivity contribution in [1.29, 1.82) is 0 Å². The minimum Gasteiger partial charge on any atom is -0.369 e. The van der Waals surface area contributed by atoms with Gasteiger partial charge in [-0.1, -0.05) is 20.8 Å². The van der Waals surface area contributed by atoms with Gasteiger partial charge in [-0.25, -0.2) is 15.0 Å². The standard InChI is InChI=1S/C28H40N6O/c1-20(2)32-14-16-33(17-15-32)23-8-6-22(7-9-23)31-34(26(35)24-11-13-29-19-30-24)25-18-21-10-12-28(25,5)27(21,3)4/h6-9,11,13,19-21,25,31H,10,12,14-18H2,1-5H3. The molecule has 3 aliphatic rings. The van der Waals surface area contributed by atoms with Crippen LogP contribution in [0.15, 0.2) is 42.9 Å². The van der Waals surface area contributed by atoms with Gasteiger partial charge in [-0.3, -0.25) is 15.1 Å². The number of benzene rings is 1. The molecule has 2 aromatic rings. The molecule has 2 bridgehead atoms. The zero-order chi connectivity index (χ0) is 24.8. The minimum absolute atomic E-state index is 0.0589. The summed E-state index contributed by atoms with van der Waals surface area (Å²) in [7, 11) is 0. The van der Waals surface area contributed by atoms with Crippen LogP contribution in [-0.2, 0) is 0 Å². The molecular formula is C28H40N6O. The number of hydrogen-bond acceptors (Lipinski definition) is 6. The highest BCUT2D eigenvalue weighted by molar-refractivity contribution is 5.93. The molecule has 1 amide bonds. The number of piperazine rings is 1. The largest absolute Gasteiger partial charge is 0.369 e. The number of hydrogen-bond donors (Lipinski definition) is 1. The van der Waals surface area contributed by atoms with Crippen molar-refractivity contribution in [3.05, 3.63) is 48.5 Å². The van der Waals surface area contributed by atoms with Crippen molar-refractivity contribution < 1.29 is 4.79 Å². The van der Waals surface area contributed by atoms with Gasteiger partial charge in [0, 0.05) is 44.1 Å². The second-order valence-corrected chi connectivity index (χ2v) is 11.7. The van der Waals surface area contributed by atoms with E-state index in [1.807, 2.05) is 5.01 Å². The first-order valence-corrected chi connectivity index (χ1v) is 13.2. The van der Waals surface area contributed by atoms with E-state index in [1.54, 1.807) is 12.3 Å². The van der Waals surface area contributed by atoms with Crippen molar-refractivity contribution in [2.24, 2.45) is 16.7 Å². The molecule has 0 radical (unpaired) electrons. The molecule has 0 spiro atoms. The molecule has 7 heteroatoms. The van der Waals surface area contributed by atoms with Crippen LogP contribution in [0.3, 0.4) is 0 Å². The maximum Gasteiger partial charge on any atom is 0.291 e. The van der Waals surface area contributed by atoms with Gasteiger partial charge in [0.25, 0.3) is 5.91 Å². The predicted octanol–water partition coefficient (Wildman–Crippen LogP) is 4.69. The fourth-order valence-corrected chi connectivity index (χ4v) is 6.75. The molecular weight excluding hydrogens is 436 g/mol. The van der Waals surface area contributed by atoms with Gasteiger partial charge in [0.1, 0.15) is 12.0 Å². The topological polar surface area (TPSA) is 64.6 Å². The van der Waals surface area contributed by atoms with Crippen LogP contribution in [-0.4, -0.2) is 64.0 Å². The molecule has 3 fully saturated rings.